The lowest BCUT2D eigenvalue weighted by atomic mass is 10.0. The van der Waals surface area contributed by atoms with Crippen molar-refractivity contribution < 1.29 is 4.79 Å². The number of rotatable bonds is 10. The summed E-state index contributed by atoms with van der Waals surface area (Å²) >= 11 is 4.79. The fourth-order valence-corrected chi connectivity index (χ4v) is 5.89. The van der Waals surface area contributed by atoms with Gasteiger partial charge in [-0.1, -0.05) is 72.9 Å². The second-order valence-electron chi connectivity index (χ2n) is 8.28. The summed E-state index contributed by atoms with van der Waals surface area (Å²) in [6.07, 6.45) is 0.876. The van der Waals surface area contributed by atoms with Crippen LogP contribution in [-0.4, -0.2) is 36.9 Å². The van der Waals surface area contributed by atoms with Gasteiger partial charge in [0.25, 0.3) is 0 Å². The number of nitrogens with zero attached hydrogens (tertiary/aromatic N) is 4. The van der Waals surface area contributed by atoms with Gasteiger partial charge in [-0.25, -0.2) is 4.98 Å². The topological polar surface area (TPSA) is 72.7 Å². The third-order valence-electron chi connectivity index (χ3n) is 5.27. The number of thioether (sulfide) groups is 2. The predicted octanol–water partition coefficient (Wildman–Crippen LogP) is 5.63. The molecule has 0 unspecified atom stereocenters. The van der Waals surface area contributed by atoms with E-state index in [1.54, 1.807) is 23.1 Å². The van der Waals surface area contributed by atoms with Crippen LogP contribution >= 0.6 is 34.9 Å². The van der Waals surface area contributed by atoms with Gasteiger partial charge in [-0.05, 0) is 38.0 Å². The Balaban J connectivity index is 1.49. The first-order valence-electron chi connectivity index (χ1n) is 10.8. The highest BCUT2D eigenvalue weighted by Gasteiger charge is 2.20. The molecule has 2 aromatic heterocycles. The van der Waals surface area contributed by atoms with Crippen molar-refractivity contribution >= 4 is 51.0 Å². The summed E-state index contributed by atoms with van der Waals surface area (Å²) in [6, 6.07) is 18.4. The first-order chi connectivity index (χ1) is 15.9. The zero-order valence-electron chi connectivity index (χ0n) is 18.9. The fraction of sp³-hybridized carbons (Fsp3) is 0.333. The average molecular weight is 498 g/mol. The lowest BCUT2D eigenvalue weighted by molar-refractivity contribution is -0.120. The number of carbonyl (C=O) groups is 1. The summed E-state index contributed by atoms with van der Waals surface area (Å²) < 4.78 is 4.31. The number of nitrogens with one attached hydrogen (secondary N) is 1. The molecule has 0 atom stereocenters. The number of hydrogen-bond acceptors (Lipinski definition) is 7. The lowest BCUT2D eigenvalue weighted by Gasteiger charge is -2.24. The van der Waals surface area contributed by atoms with Gasteiger partial charge < -0.3 is 9.88 Å². The second-order valence-corrected chi connectivity index (χ2v) is 11.5. The Kier molecular flexibility index (Phi) is 7.72. The summed E-state index contributed by atoms with van der Waals surface area (Å²) in [6.45, 7) is 6.79. The van der Waals surface area contributed by atoms with E-state index in [2.05, 4.69) is 45.2 Å². The summed E-state index contributed by atoms with van der Waals surface area (Å²) in [5.74, 6) is 1.85. The molecular weight excluding hydrogens is 470 g/mol. The van der Waals surface area contributed by atoms with Crippen molar-refractivity contribution in [2.45, 2.75) is 54.5 Å². The van der Waals surface area contributed by atoms with Crippen LogP contribution in [0.4, 0.5) is 0 Å². The normalized spacial score (nSPS) is 11.7. The molecule has 0 saturated carbocycles. The zero-order valence-corrected chi connectivity index (χ0v) is 21.4. The predicted molar refractivity (Wildman–Crippen MR) is 138 cm³/mol. The van der Waals surface area contributed by atoms with E-state index in [1.165, 1.54) is 22.0 Å². The number of amides is 1. The van der Waals surface area contributed by atoms with Gasteiger partial charge in [0.05, 0.1) is 28.3 Å². The molecule has 2 heterocycles. The monoisotopic (exact) mass is 497 g/mol. The molecular formula is C24H27N5OS3. The van der Waals surface area contributed by atoms with Crippen LogP contribution in [0.15, 0.2) is 64.1 Å². The third kappa shape index (κ3) is 6.37. The van der Waals surface area contributed by atoms with Gasteiger partial charge >= 0.3 is 0 Å². The second kappa shape index (κ2) is 10.7. The van der Waals surface area contributed by atoms with Crippen LogP contribution in [-0.2, 0) is 17.1 Å². The van der Waals surface area contributed by atoms with Crippen LogP contribution < -0.4 is 5.32 Å². The number of fused-ring (bicyclic) bond motifs is 1. The van der Waals surface area contributed by atoms with E-state index in [4.69, 9.17) is 4.98 Å². The van der Waals surface area contributed by atoms with E-state index in [0.29, 0.717) is 18.1 Å². The molecule has 4 rings (SSSR count). The molecule has 0 bridgehead atoms. The Labute approximate surface area is 206 Å². The molecule has 0 spiro atoms. The Morgan fingerprint density at radius 1 is 1.06 bits per heavy atom. The smallest absolute Gasteiger partial charge is 0.230 e. The molecule has 172 valence electrons. The average Bonchev–Trinajstić information content (AvgIpc) is 3.40. The minimum absolute atomic E-state index is 0.00603. The molecule has 0 radical (unpaired) electrons. The molecule has 0 aliphatic carbocycles. The minimum atomic E-state index is -0.214. The molecule has 1 amide bonds. The molecule has 9 heteroatoms. The van der Waals surface area contributed by atoms with E-state index in [0.717, 1.165) is 27.3 Å². The number of thiazole rings is 1. The molecule has 0 saturated heterocycles. The molecule has 0 fully saturated rings. The lowest BCUT2D eigenvalue weighted by Crippen LogP contribution is -2.43. The largest absolute Gasteiger partial charge is 0.351 e. The highest BCUT2D eigenvalue weighted by atomic mass is 32.2. The van der Waals surface area contributed by atoms with Crippen LogP contribution in [0.25, 0.3) is 10.2 Å². The Hall–Kier alpha value is -2.36. The van der Waals surface area contributed by atoms with E-state index in [1.807, 2.05) is 50.2 Å². The maximum absolute atomic E-state index is 12.5. The first-order valence-corrected chi connectivity index (χ1v) is 13.6. The van der Waals surface area contributed by atoms with Crippen molar-refractivity contribution in [2.75, 3.05) is 5.75 Å². The van der Waals surface area contributed by atoms with E-state index < -0.39 is 0 Å². The molecule has 4 aromatic rings. The van der Waals surface area contributed by atoms with Gasteiger partial charge in [0.15, 0.2) is 9.50 Å². The number of hydrogen-bond donors (Lipinski definition) is 1. The summed E-state index contributed by atoms with van der Waals surface area (Å²) in [5.41, 5.74) is 1.98. The van der Waals surface area contributed by atoms with Crippen molar-refractivity contribution in [2.24, 2.45) is 0 Å². The van der Waals surface area contributed by atoms with E-state index in [9.17, 15) is 4.79 Å². The molecule has 2 aromatic carbocycles. The van der Waals surface area contributed by atoms with Gasteiger partial charge in [-0.3, -0.25) is 4.79 Å². The molecule has 0 aliphatic rings. The standard InChI is InChI=1S/C24H27N5OS3/c1-4-24(2,3)26-21(30)16-31-22-28-27-20(29(22)14-17-10-6-5-7-11-17)15-32-23-25-18-12-8-9-13-19(18)33-23/h5-13H,4,14-16H2,1-3H3,(H,26,30). The van der Waals surface area contributed by atoms with Crippen LogP contribution in [0.1, 0.15) is 38.6 Å². The number of aromatic nitrogens is 4. The summed E-state index contributed by atoms with van der Waals surface area (Å²) in [5, 5.41) is 12.7. The van der Waals surface area contributed by atoms with Crippen molar-refractivity contribution in [3.8, 4) is 0 Å². The van der Waals surface area contributed by atoms with Crippen LogP contribution in [0.3, 0.4) is 0 Å². The van der Waals surface area contributed by atoms with Gasteiger partial charge in [0, 0.05) is 5.54 Å². The molecule has 6 nitrogen and oxygen atoms in total. The van der Waals surface area contributed by atoms with Gasteiger partial charge in [-0.2, -0.15) is 0 Å². The van der Waals surface area contributed by atoms with Crippen LogP contribution in [0.2, 0.25) is 0 Å². The number of benzene rings is 2. The Bertz CT molecular complexity index is 1190. The van der Waals surface area contributed by atoms with Crippen molar-refractivity contribution in [3.63, 3.8) is 0 Å². The van der Waals surface area contributed by atoms with Crippen molar-refractivity contribution in [1.82, 2.24) is 25.1 Å². The first kappa shape index (κ1) is 23.8. The van der Waals surface area contributed by atoms with E-state index in [-0.39, 0.29) is 11.4 Å². The summed E-state index contributed by atoms with van der Waals surface area (Å²) in [7, 11) is 0. The SMILES string of the molecule is CCC(C)(C)NC(=O)CSc1nnc(CSc2nc3ccccc3s2)n1Cc1ccccc1. The maximum Gasteiger partial charge on any atom is 0.230 e. The van der Waals surface area contributed by atoms with Gasteiger partial charge in [0.2, 0.25) is 5.91 Å². The molecule has 1 N–H and O–H groups in total. The Morgan fingerprint density at radius 2 is 1.82 bits per heavy atom. The summed E-state index contributed by atoms with van der Waals surface area (Å²) in [4.78, 5) is 17.2. The fourth-order valence-electron chi connectivity index (χ4n) is 3.13. The molecule has 0 aliphatic heterocycles. The maximum atomic E-state index is 12.5. The van der Waals surface area contributed by atoms with Gasteiger partial charge in [0.1, 0.15) is 5.82 Å². The Morgan fingerprint density at radius 3 is 2.58 bits per heavy atom. The molecule has 33 heavy (non-hydrogen) atoms. The quantitative estimate of drug-likeness (QED) is 0.287. The number of carbonyl (C=O) groups excluding carboxylic acids is 1. The highest BCUT2D eigenvalue weighted by molar-refractivity contribution is 8.00. The third-order valence-corrected chi connectivity index (χ3v) is 8.41. The minimum Gasteiger partial charge on any atom is -0.351 e. The van der Waals surface area contributed by atoms with Gasteiger partial charge in [-0.15, -0.1) is 21.5 Å². The van der Waals surface area contributed by atoms with Crippen LogP contribution in [0.5, 0.6) is 0 Å². The van der Waals surface area contributed by atoms with Crippen molar-refractivity contribution in [3.05, 3.63) is 66.0 Å². The number of para-hydroxylation sites is 1. The van der Waals surface area contributed by atoms with Crippen LogP contribution in [0, 0.1) is 0 Å². The highest BCUT2D eigenvalue weighted by Crippen LogP contribution is 2.32. The zero-order chi connectivity index (χ0) is 23.3. The van der Waals surface area contributed by atoms with E-state index >= 15 is 0 Å². The van der Waals surface area contributed by atoms with Crippen molar-refractivity contribution in [1.29, 1.82) is 0 Å².